The maximum Gasteiger partial charge on any atom is 0.363 e. The van der Waals surface area contributed by atoms with Gasteiger partial charge in [-0.15, -0.1) is 4.68 Å². The van der Waals surface area contributed by atoms with Gasteiger partial charge in [-0.1, -0.05) is 23.3 Å². The molecule has 2 aliphatic heterocycles. The van der Waals surface area contributed by atoms with Crippen LogP contribution < -0.4 is 15.2 Å². The lowest BCUT2D eigenvalue weighted by Gasteiger charge is -2.30. The Bertz CT molecular complexity index is 1530. The molecule has 39 heavy (non-hydrogen) atoms. The highest BCUT2D eigenvalue weighted by Gasteiger charge is 2.35. The van der Waals surface area contributed by atoms with Gasteiger partial charge in [-0.05, 0) is 54.2 Å². The molecule has 2 aliphatic rings. The van der Waals surface area contributed by atoms with Crippen molar-refractivity contribution in [1.29, 1.82) is 0 Å². The number of hydrogen-bond acceptors (Lipinski definition) is 9. The van der Waals surface area contributed by atoms with Crippen LogP contribution in [0.2, 0.25) is 0 Å². The number of nitrogens with zero attached hydrogens (tertiary/aromatic N) is 5. The highest BCUT2D eigenvalue weighted by Crippen LogP contribution is 2.32. The molecule has 1 saturated heterocycles. The van der Waals surface area contributed by atoms with Crippen molar-refractivity contribution in [3.63, 3.8) is 0 Å². The largest absolute Gasteiger partial charge is 0.457 e. The Hall–Kier alpha value is -4.20. The summed E-state index contributed by atoms with van der Waals surface area (Å²) in [6, 6.07) is 17.0. The van der Waals surface area contributed by atoms with Crippen LogP contribution in [-0.4, -0.2) is 72.5 Å². The summed E-state index contributed by atoms with van der Waals surface area (Å²) < 4.78 is 37.3. The SMILES string of the molecule is CNS(=O)(=O)OCC(=O)N1CCCC(/C=[N+]2\N=C(c3ccc(Oc4ccccc4)cc3)c3c(N)ncnc32)C1. The molecule has 1 atom stereocenters. The molecule has 3 heterocycles. The minimum absolute atomic E-state index is 0.0441. The van der Waals surface area contributed by atoms with Crippen molar-refractivity contribution in [1.82, 2.24) is 19.6 Å². The molecule has 1 aromatic heterocycles. The number of fused-ring (bicyclic) bond motifs is 1. The van der Waals surface area contributed by atoms with E-state index in [1.54, 1.807) is 9.58 Å². The van der Waals surface area contributed by atoms with E-state index in [9.17, 15) is 13.2 Å². The summed E-state index contributed by atoms with van der Waals surface area (Å²) in [6.45, 7) is 0.354. The summed E-state index contributed by atoms with van der Waals surface area (Å²) in [7, 11) is -2.72. The van der Waals surface area contributed by atoms with Crippen LogP contribution in [0, 0.1) is 5.92 Å². The number of nitrogens with one attached hydrogen (secondary N) is 1. The summed E-state index contributed by atoms with van der Waals surface area (Å²) in [5.74, 6) is 1.83. The first-order valence-corrected chi connectivity index (χ1v) is 13.8. The predicted molar refractivity (Wildman–Crippen MR) is 144 cm³/mol. The fraction of sp³-hybridized carbons (Fsp3) is 0.269. The van der Waals surface area contributed by atoms with Crippen LogP contribution in [0.4, 0.5) is 11.6 Å². The molecule has 1 amide bonds. The topological polar surface area (TPSA) is 152 Å². The number of nitrogen functional groups attached to an aromatic ring is 1. The maximum atomic E-state index is 12.6. The molecule has 0 spiro atoms. The van der Waals surface area contributed by atoms with E-state index in [-0.39, 0.29) is 5.92 Å². The van der Waals surface area contributed by atoms with Gasteiger partial charge >= 0.3 is 16.1 Å². The fourth-order valence-corrected chi connectivity index (χ4v) is 4.82. The Morgan fingerprint density at radius 2 is 1.90 bits per heavy atom. The van der Waals surface area contributed by atoms with E-state index in [0.717, 1.165) is 24.2 Å². The smallest absolute Gasteiger partial charge is 0.363 e. The van der Waals surface area contributed by atoms with Crippen molar-refractivity contribution in [2.24, 2.45) is 11.0 Å². The van der Waals surface area contributed by atoms with Crippen molar-refractivity contribution in [3.8, 4) is 11.5 Å². The van der Waals surface area contributed by atoms with Gasteiger partial charge in [-0.2, -0.15) is 18.1 Å². The van der Waals surface area contributed by atoms with Gasteiger partial charge in [-0.3, -0.25) is 4.79 Å². The number of nitrogens with two attached hydrogens (primary N) is 1. The second-order valence-electron chi connectivity index (χ2n) is 9.00. The molecule has 1 unspecified atom stereocenters. The van der Waals surface area contributed by atoms with E-state index in [4.69, 9.17) is 19.8 Å². The zero-order valence-corrected chi connectivity index (χ0v) is 22.0. The van der Waals surface area contributed by atoms with E-state index in [2.05, 4.69) is 9.97 Å². The van der Waals surface area contributed by atoms with Crippen molar-refractivity contribution in [2.45, 2.75) is 12.8 Å². The number of aromatic nitrogens is 2. The van der Waals surface area contributed by atoms with Crippen LogP contribution in [0.3, 0.4) is 0 Å². The molecule has 202 valence electrons. The highest BCUT2D eigenvalue weighted by atomic mass is 32.2. The number of likely N-dealkylation sites (tertiary alicyclic amines) is 1. The first kappa shape index (κ1) is 26.4. The van der Waals surface area contributed by atoms with Gasteiger partial charge in [0.1, 0.15) is 41.4 Å². The molecular weight excluding hydrogens is 522 g/mol. The van der Waals surface area contributed by atoms with Crippen LogP contribution in [0.5, 0.6) is 11.5 Å². The molecule has 0 radical (unpaired) electrons. The lowest BCUT2D eigenvalue weighted by atomic mass is 9.99. The van der Waals surface area contributed by atoms with Gasteiger partial charge in [-0.25, -0.2) is 4.18 Å². The number of anilines is 1. The molecule has 3 N–H and O–H groups in total. The van der Waals surface area contributed by atoms with Crippen LogP contribution >= 0.6 is 0 Å². The van der Waals surface area contributed by atoms with Crippen LogP contribution in [0.25, 0.3) is 0 Å². The van der Waals surface area contributed by atoms with Crippen molar-refractivity contribution in [3.05, 3.63) is 72.1 Å². The zero-order valence-electron chi connectivity index (χ0n) is 21.2. The lowest BCUT2D eigenvalue weighted by Crippen LogP contribution is -2.43. The van der Waals surface area contributed by atoms with Gasteiger partial charge in [0.05, 0.1) is 0 Å². The monoisotopic (exact) mass is 550 g/mol. The Morgan fingerprint density at radius 1 is 1.15 bits per heavy atom. The average Bonchev–Trinajstić information content (AvgIpc) is 3.32. The first-order chi connectivity index (χ1) is 18.8. The molecule has 12 nitrogen and oxygen atoms in total. The summed E-state index contributed by atoms with van der Waals surface area (Å²) >= 11 is 0. The molecule has 0 saturated carbocycles. The van der Waals surface area contributed by atoms with E-state index < -0.39 is 22.8 Å². The second kappa shape index (κ2) is 11.3. The van der Waals surface area contributed by atoms with Crippen molar-refractivity contribution in [2.75, 3.05) is 32.5 Å². The quantitative estimate of drug-likeness (QED) is 0.404. The summed E-state index contributed by atoms with van der Waals surface area (Å²) in [4.78, 5) is 22.8. The zero-order chi connectivity index (χ0) is 27.4. The molecular formula is C26H28N7O5S+. The third kappa shape index (κ3) is 6.11. The van der Waals surface area contributed by atoms with E-state index >= 15 is 0 Å². The number of amides is 1. The number of carbonyl (C=O) groups excluding carboxylic acids is 1. The number of rotatable bonds is 8. The van der Waals surface area contributed by atoms with Crippen molar-refractivity contribution < 1.29 is 26.8 Å². The van der Waals surface area contributed by atoms with Crippen molar-refractivity contribution >= 4 is 39.8 Å². The molecule has 13 heteroatoms. The van der Waals surface area contributed by atoms with Gasteiger partial charge in [0.25, 0.3) is 0 Å². The number of hydrogen-bond donors (Lipinski definition) is 2. The maximum absolute atomic E-state index is 12.6. The van der Waals surface area contributed by atoms with Crippen LogP contribution in [-0.2, 0) is 19.3 Å². The lowest BCUT2D eigenvalue weighted by molar-refractivity contribution is -0.442. The molecule has 0 aliphatic carbocycles. The second-order valence-corrected chi connectivity index (χ2v) is 10.6. The first-order valence-electron chi connectivity index (χ1n) is 12.4. The minimum Gasteiger partial charge on any atom is -0.457 e. The van der Waals surface area contributed by atoms with E-state index in [1.807, 2.05) is 65.5 Å². The Kier molecular flexibility index (Phi) is 7.63. The summed E-state index contributed by atoms with van der Waals surface area (Å²) in [5.41, 5.74) is 8.32. The number of para-hydroxylation sites is 1. The van der Waals surface area contributed by atoms with E-state index in [1.165, 1.54) is 13.4 Å². The van der Waals surface area contributed by atoms with Gasteiger partial charge in [0, 0.05) is 31.6 Å². The van der Waals surface area contributed by atoms with E-state index in [0.29, 0.717) is 41.7 Å². The van der Waals surface area contributed by atoms with Gasteiger partial charge in [0.2, 0.25) is 12.2 Å². The molecule has 2 aromatic carbocycles. The van der Waals surface area contributed by atoms with Crippen LogP contribution in [0.1, 0.15) is 24.0 Å². The standard InChI is InChI=1S/C26H28N7O5S/c1-28-39(35,36)37-16-22(34)32-13-5-6-18(14-32)15-33-26-23(25(27)29-17-30-26)24(31-33)19-9-11-21(12-10-19)38-20-7-3-2-4-8-20/h2-4,7-12,15,17-18,28H,5-6,13-14,16H2,1H3,(H2,27,29,30)/q+1/b33-15-. The average molecular weight is 551 g/mol. The summed E-state index contributed by atoms with van der Waals surface area (Å²) in [6.07, 6.45) is 4.87. The minimum atomic E-state index is -3.94. The van der Waals surface area contributed by atoms with Gasteiger partial charge in [0.15, 0.2) is 0 Å². The Morgan fingerprint density at radius 3 is 2.64 bits per heavy atom. The third-order valence-corrected chi connectivity index (χ3v) is 7.30. The third-order valence-electron chi connectivity index (χ3n) is 6.37. The predicted octanol–water partition coefficient (Wildman–Crippen LogP) is 2.05. The number of ether oxygens (including phenoxy) is 1. The molecule has 1 fully saturated rings. The van der Waals surface area contributed by atoms with Gasteiger partial charge < -0.3 is 15.4 Å². The Balaban J connectivity index is 1.36. The number of piperidine rings is 1. The normalized spacial score (nSPS) is 18.1. The van der Waals surface area contributed by atoms with Crippen LogP contribution in [0.15, 0.2) is 66.0 Å². The number of benzene rings is 2. The molecule has 0 bridgehead atoms. The number of hydrazone groups is 1. The Labute approximate surface area is 226 Å². The molecule has 3 aromatic rings. The number of carbonyl (C=O) groups is 1. The fourth-order valence-electron chi connectivity index (χ4n) is 4.44. The highest BCUT2D eigenvalue weighted by molar-refractivity contribution is 7.84. The molecule has 5 rings (SSSR count). The summed E-state index contributed by atoms with van der Waals surface area (Å²) in [5, 5.41) is 4.80.